The summed E-state index contributed by atoms with van der Waals surface area (Å²) in [6, 6.07) is 61.4. The maximum absolute atomic E-state index is 7.05. The summed E-state index contributed by atoms with van der Waals surface area (Å²) < 4.78 is 1.22. The van der Waals surface area contributed by atoms with E-state index in [9.17, 15) is 0 Å². The first-order valence-corrected chi connectivity index (χ1v) is 22.6. The van der Waals surface area contributed by atoms with Crippen LogP contribution in [0.1, 0.15) is 76.2 Å². The fraction of sp³-hybridized carbons (Fsp3) is 0.100. The standard InChI is InChI=1S/C60H51N3S/c1-7-20-53-50(8-2)52-34-33-46(38-54(52)60(53,5)6)40(4)62-57(58-39(3)51-27-18-19-28-55(51)64-58)44-29-31-45(32-30-44)59(61)63-56(43-25-16-11-17-26-43)49-36-47(41-21-12-9-13-22-41)35-48(37-49)42-23-14-10-15-24-42/h7-38,56H,2,4H2,1,3,5-6H3,(H2,61,63)/b20-7-,62-57?. The molecular weight excluding hydrogens is 795 g/mol. The van der Waals surface area contributed by atoms with Crippen molar-refractivity contribution < 1.29 is 0 Å². The average Bonchev–Trinajstić information content (AvgIpc) is 3.78. The molecule has 64 heavy (non-hydrogen) atoms. The number of aryl methyl sites for hydroxylation is 1. The van der Waals surface area contributed by atoms with Gasteiger partial charge in [-0.1, -0.05) is 191 Å². The van der Waals surface area contributed by atoms with Crippen molar-refractivity contribution in [1.29, 1.82) is 0 Å². The van der Waals surface area contributed by atoms with Gasteiger partial charge in [-0.05, 0) is 116 Å². The van der Waals surface area contributed by atoms with Gasteiger partial charge in [0, 0.05) is 21.2 Å². The summed E-state index contributed by atoms with van der Waals surface area (Å²) in [6.07, 6.45) is 6.29. The number of hydrogen-bond acceptors (Lipinski definition) is 3. The molecule has 8 aromatic rings. The molecule has 0 saturated carbocycles. The molecule has 0 spiro atoms. The van der Waals surface area contributed by atoms with Gasteiger partial charge in [0.2, 0.25) is 0 Å². The smallest absolute Gasteiger partial charge is 0.126 e. The SMILES string of the molecule is C=CC1=C(/C=C\C)C(C)(C)c2cc(C(=C)N=C(c3ccc(C(N)=NC(c4ccccc4)c4cc(-c5ccccc5)cc(-c5ccccc5)c4)cc3)c3sc4ccccc4c3C)ccc21. The third kappa shape index (κ3) is 8.05. The summed E-state index contributed by atoms with van der Waals surface area (Å²) in [7, 11) is 0. The van der Waals surface area contributed by atoms with E-state index in [1.54, 1.807) is 11.3 Å². The lowest BCUT2D eigenvalue weighted by molar-refractivity contribution is 0.654. The maximum Gasteiger partial charge on any atom is 0.126 e. The molecule has 3 nitrogen and oxygen atoms in total. The van der Waals surface area contributed by atoms with Gasteiger partial charge in [0.15, 0.2) is 0 Å². The lowest BCUT2D eigenvalue weighted by atomic mass is 9.80. The van der Waals surface area contributed by atoms with Gasteiger partial charge in [-0.3, -0.25) is 4.99 Å². The number of nitrogens with zero attached hydrogens (tertiary/aromatic N) is 2. The molecule has 1 aliphatic rings. The van der Waals surface area contributed by atoms with Gasteiger partial charge in [0.25, 0.3) is 0 Å². The zero-order valence-corrected chi connectivity index (χ0v) is 37.7. The summed E-state index contributed by atoms with van der Waals surface area (Å²) >= 11 is 1.76. The third-order valence-electron chi connectivity index (χ3n) is 12.4. The molecule has 9 rings (SSSR count). The number of aliphatic imine (C=N–C) groups is 2. The van der Waals surface area contributed by atoms with Crippen LogP contribution >= 0.6 is 11.3 Å². The van der Waals surface area contributed by atoms with E-state index in [0.29, 0.717) is 11.5 Å². The van der Waals surface area contributed by atoms with Crippen LogP contribution in [0.2, 0.25) is 0 Å². The van der Waals surface area contributed by atoms with Gasteiger partial charge in [-0.2, -0.15) is 0 Å². The molecule has 0 fully saturated rings. The number of nitrogens with two attached hydrogens (primary N) is 1. The average molecular weight is 846 g/mol. The molecule has 4 heteroatoms. The summed E-state index contributed by atoms with van der Waals surface area (Å²) in [5.41, 5.74) is 24.0. The minimum Gasteiger partial charge on any atom is -0.383 e. The van der Waals surface area contributed by atoms with Gasteiger partial charge in [-0.25, -0.2) is 4.99 Å². The molecule has 0 bridgehead atoms. The molecule has 0 saturated heterocycles. The summed E-state index contributed by atoms with van der Waals surface area (Å²) in [4.78, 5) is 11.8. The second kappa shape index (κ2) is 17.8. The van der Waals surface area contributed by atoms with Crippen LogP contribution in [-0.4, -0.2) is 11.5 Å². The largest absolute Gasteiger partial charge is 0.383 e. The zero-order chi connectivity index (χ0) is 44.4. The quantitative estimate of drug-likeness (QED) is 0.0966. The molecule has 7 aromatic carbocycles. The maximum atomic E-state index is 7.05. The van der Waals surface area contributed by atoms with Crippen molar-refractivity contribution in [2.45, 2.75) is 39.2 Å². The Labute approximate surface area is 381 Å². The topological polar surface area (TPSA) is 50.7 Å². The van der Waals surface area contributed by atoms with Crippen LogP contribution in [0, 0.1) is 6.92 Å². The molecule has 1 heterocycles. The van der Waals surface area contributed by atoms with E-state index in [2.05, 4.69) is 223 Å². The van der Waals surface area contributed by atoms with E-state index in [1.165, 1.54) is 37.9 Å². The normalized spacial score (nSPS) is 14.2. The molecule has 1 unspecified atom stereocenters. The highest BCUT2D eigenvalue weighted by atomic mass is 32.1. The Kier molecular flexibility index (Phi) is 11.6. The Morgan fingerprint density at radius 2 is 1.23 bits per heavy atom. The summed E-state index contributed by atoms with van der Waals surface area (Å²) in [5, 5.41) is 1.23. The van der Waals surface area contributed by atoms with Crippen molar-refractivity contribution >= 4 is 44.2 Å². The van der Waals surface area contributed by atoms with Gasteiger partial charge in [-0.15, -0.1) is 11.3 Å². The number of allylic oxidation sites excluding steroid dienone is 5. The van der Waals surface area contributed by atoms with E-state index in [0.717, 1.165) is 60.7 Å². The molecule has 0 amide bonds. The lowest BCUT2D eigenvalue weighted by Gasteiger charge is -2.23. The number of rotatable bonds is 12. The monoisotopic (exact) mass is 845 g/mol. The minimum atomic E-state index is -0.349. The van der Waals surface area contributed by atoms with Crippen LogP contribution in [0.15, 0.2) is 223 Å². The molecule has 1 aliphatic carbocycles. The van der Waals surface area contributed by atoms with Crippen LogP contribution < -0.4 is 5.73 Å². The van der Waals surface area contributed by atoms with Gasteiger partial charge >= 0.3 is 0 Å². The fourth-order valence-electron chi connectivity index (χ4n) is 9.03. The van der Waals surface area contributed by atoms with Crippen molar-refractivity contribution in [1.82, 2.24) is 0 Å². The van der Waals surface area contributed by atoms with Crippen molar-refractivity contribution in [2.75, 3.05) is 0 Å². The summed E-state index contributed by atoms with van der Waals surface area (Å²) in [6.45, 7) is 17.6. The van der Waals surface area contributed by atoms with E-state index in [4.69, 9.17) is 15.7 Å². The van der Waals surface area contributed by atoms with E-state index < -0.39 is 0 Å². The fourth-order valence-corrected chi connectivity index (χ4v) is 10.2. The number of fused-ring (bicyclic) bond motifs is 2. The van der Waals surface area contributed by atoms with Crippen molar-refractivity contribution in [3.8, 4) is 22.3 Å². The van der Waals surface area contributed by atoms with Crippen LogP contribution in [0.5, 0.6) is 0 Å². The highest BCUT2D eigenvalue weighted by Gasteiger charge is 2.35. The molecular formula is C60H51N3S. The predicted octanol–water partition coefficient (Wildman–Crippen LogP) is 15.4. The minimum absolute atomic E-state index is 0.192. The lowest BCUT2D eigenvalue weighted by Crippen LogP contribution is -2.16. The van der Waals surface area contributed by atoms with E-state index >= 15 is 0 Å². The number of hydrogen-bond donors (Lipinski definition) is 1. The Morgan fingerprint density at radius 1 is 0.656 bits per heavy atom. The summed E-state index contributed by atoms with van der Waals surface area (Å²) in [5.74, 6) is 0.457. The van der Waals surface area contributed by atoms with Gasteiger partial charge in [0.05, 0.1) is 16.3 Å². The van der Waals surface area contributed by atoms with Crippen LogP contribution in [0.25, 0.3) is 43.6 Å². The molecule has 0 aliphatic heterocycles. The second-order valence-corrected chi connectivity index (χ2v) is 17.9. The van der Waals surface area contributed by atoms with Crippen molar-refractivity contribution in [2.24, 2.45) is 15.7 Å². The van der Waals surface area contributed by atoms with Crippen LogP contribution in [-0.2, 0) is 5.41 Å². The highest BCUT2D eigenvalue weighted by molar-refractivity contribution is 7.21. The van der Waals surface area contributed by atoms with Crippen molar-refractivity contribution in [3.05, 3.63) is 262 Å². The predicted molar refractivity (Wildman–Crippen MR) is 275 cm³/mol. The second-order valence-electron chi connectivity index (χ2n) is 16.9. The van der Waals surface area contributed by atoms with Crippen LogP contribution in [0.3, 0.4) is 0 Å². The molecule has 0 radical (unpaired) electrons. The molecule has 312 valence electrons. The first-order chi connectivity index (χ1) is 31.1. The van der Waals surface area contributed by atoms with E-state index in [-0.39, 0.29) is 11.5 Å². The zero-order valence-electron chi connectivity index (χ0n) is 36.8. The van der Waals surface area contributed by atoms with Gasteiger partial charge in [0.1, 0.15) is 11.9 Å². The Hall–Kier alpha value is -7.40. The molecule has 1 aromatic heterocycles. The third-order valence-corrected chi connectivity index (χ3v) is 13.7. The van der Waals surface area contributed by atoms with E-state index in [1.807, 2.05) is 12.1 Å². The first-order valence-electron chi connectivity index (χ1n) is 21.8. The molecule has 2 N–H and O–H groups in total. The Bertz CT molecular complexity index is 3110. The Morgan fingerprint density at radius 3 is 1.84 bits per heavy atom. The Balaban J connectivity index is 1.12. The van der Waals surface area contributed by atoms with Crippen molar-refractivity contribution in [3.63, 3.8) is 0 Å². The number of amidine groups is 1. The number of benzene rings is 7. The first kappa shape index (κ1) is 41.9. The van der Waals surface area contributed by atoms with Gasteiger partial charge < -0.3 is 5.73 Å². The molecule has 1 atom stereocenters. The highest BCUT2D eigenvalue weighted by Crippen LogP contribution is 2.48. The van der Waals surface area contributed by atoms with Crippen LogP contribution in [0.4, 0.5) is 0 Å². The number of thiophene rings is 1.